The fraction of sp³-hybridized carbons (Fsp3) is 0.174. The highest BCUT2D eigenvalue weighted by Crippen LogP contribution is 2.30. The summed E-state index contributed by atoms with van der Waals surface area (Å²) in [6.45, 7) is 0.995. The Morgan fingerprint density at radius 2 is 0.929 bits per heavy atom. The predicted octanol–water partition coefficient (Wildman–Crippen LogP) is 9.96. The van der Waals surface area contributed by atoms with Crippen molar-refractivity contribution < 1.29 is 19.2 Å². The van der Waals surface area contributed by atoms with Crippen molar-refractivity contribution in [3.8, 4) is 0 Å². The number of anilines is 2. The zero-order valence-corrected chi connectivity index (χ0v) is 31.9. The Labute approximate surface area is 334 Å². The largest absolute Gasteiger partial charge is 0.327 e. The predicted molar refractivity (Wildman–Crippen MR) is 225 cm³/mol. The maximum atomic E-state index is 13.7. The number of fused-ring (bicyclic) bond motifs is 2. The molecular formula is C46H38Cl2N4O4. The Morgan fingerprint density at radius 3 is 1.34 bits per heavy atom. The minimum Gasteiger partial charge on any atom is -0.327 e. The molecule has 6 aromatic rings. The minimum absolute atomic E-state index is 0.201. The molecule has 0 saturated carbocycles. The molecule has 56 heavy (non-hydrogen) atoms. The molecule has 0 unspecified atom stereocenters. The molecule has 2 N–H and O–H groups in total. The summed E-state index contributed by atoms with van der Waals surface area (Å²) in [4.78, 5) is 57.5. The number of nitrogens with zero attached hydrogens (tertiary/aromatic N) is 2. The molecule has 8 rings (SSSR count). The van der Waals surface area contributed by atoms with Gasteiger partial charge in [0.15, 0.2) is 0 Å². The van der Waals surface area contributed by atoms with E-state index in [1.54, 1.807) is 21.9 Å². The summed E-state index contributed by atoms with van der Waals surface area (Å²) in [5.41, 5.74) is 4.15. The van der Waals surface area contributed by atoms with Gasteiger partial charge in [-0.3, -0.25) is 19.2 Å². The second kappa shape index (κ2) is 16.0. The molecule has 2 fully saturated rings. The summed E-state index contributed by atoms with van der Waals surface area (Å²) in [6, 6.07) is 36.1. The smallest absolute Gasteiger partial charge is 0.255 e. The molecule has 6 aromatic carbocycles. The van der Waals surface area contributed by atoms with Crippen molar-refractivity contribution in [3.05, 3.63) is 154 Å². The average Bonchev–Trinajstić information content (AvgIpc) is 3.91. The van der Waals surface area contributed by atoms with Crippen molar-refractivity contribution in [2.24, 2.45) is 0 Å². The summed E-state index contributed by atoms with van der Waals surface area (Å²) >= 11 is 12.7. The van der Waals surface area contributed by atoms with Crippen LogP contribution in [0.15, 0.2) is 121 Å². The van der Waals surface area contributed by atoms with Crippen LogP contribution in [0, 0.1) is 0 Å². The van der Waals surface area contributed by atoms with Crippen LogP contribution in [-0.4, -0.2) is 58.6 Å². The first-order valence-electron chi connectivity index (χ1n) is 18.7. The molecule has 2 aliphatic rings. The lowest BCUT2D eigenvalue weighted by atomic mass is 10.0. The van der Waals surface area contributed by atoms with Crippen molar-refractivity contribution in [3.63, 3.8) is 0 Å². The number of hydrogen-bond donors (Lipinski definition) is 2. The Morgan fingerprint density at radius 1 is 0.536 bits per heavy atom. The molecular weight excluding hydrogens is 743 g/mol. The van der Waals surface area contributed by atoms with Crippen LogP contribution in [0.3, 0.4) is 0 Å². The van der Waals surface area contributed by atoms with Crippen LogP contribution in [0.2, 0.25) is 10.0 Å². The number of hydrogen-bond acceptors (Lipinski definition) is 4. The zero-order valence-electron chi connectivity index (χ0n) is 30.4. The number of nitrogens with one attached hydrogen (secondary N) is 2. The zero-order chi connectivity index (χ0) is 38.8. The summed E-state index contributed by atoms with van der Waals surface area (Å²) in [7, 11) is 0. The molecule has 0 radical (unpaired) electrons. The number of carbonyl (C=O) groups is 4. The van der Waals surface area contributed by atoms with E-state index in [1.165, 1.54) is 0 Å². The topological polar surface area (TPSA) is 98.8 Å². The van der Waals surface area contributed by atoms with E-state index in [2.05, 4.69) is 10.6 Å². The molecule has 2 heterocycles. The van der Waals surface area contributed by atoms with Gasteiger partial charge in [0.1, 0.15) is 12.1 Å². The van der Waals surface area contributed by atoms with Gasteiger partial charge < -0.3 is 20.4 Å². The Hall–Kier alpha value is -5.96. The van der Waals surface area contributed by atoms with Crippen LogP contribution in [0.1, 0.15) is 57.5 Å². The Bertz CT molecular complexity index is 2340. The molecule has 2 atom stereocenters. The Balaban J connectivity index is 0.865. The summed E-state index contributed by atoms with van der Waals surface area (Å²) in [5.74, 6) is -0.847. The maximum Gasteiger partial charge on any atom is 0.255 e. The maximum absolute atomic E-state index is 13.7. The number of likely N-dealkylation sites (tertiary alicyclic amines) is 2. The molecule has 0 aromatic heterocycles. The van der Waals surface area contributed by atoms with E-state index >= 15 is 0 Å². The number of benzene rings is 6. The van der Waals surface area contributed by atoms with Gasteiger partial charge in [-0.1, -0.05) is 108 Å². The number of amides is 4. The second-order valence-corrected chi connectivity index (χ2v) is 15.1. The van der Waals surface area contributed by atoms with Crippen LogP contribution < -0.4 is 10.6 Å². The highest BCUT2D eigenvalue weighted by Gasteiger charge is 2.36. The molecule has 0 aliphatic carbocycles. The van der Waals surface area contributed by atoms with Gasteiger partial charge in [-0.05, 0) is 107 Å². The molecule has 10 heteroatoms. The van der Waals surface area contributed by atoms with Crippen LogP contribution in [0.4, 0.5) is 11.4 Å². The molecule has 2 saturated heterocycles. The standard InChI is InChI=1S/C46H38Cl2N4O4/c47-33-25-31-7-1-3-9-37(31)39(27-33)45(55)51-23-5-11-41(51)43(53)49-35-19-15-29(16-20-35)13-14-30-17-21-36(22-18-30)50-44(54)42-12-6-24-52(42)46(56)40-28-34(48)26-32-8-2-4-10-38(32)40/h1-4,7-10,13-22,25-28,41-42H,5-6,11-12,23-24H2,(H,49,53)(H,50,54)/b14-13+/t41-,42-/m0/s1. The highest BCUT2D eigenvalue weighted by molar-refractivity contribution is 6.32. The van der Waals surface area contributed by atoms with Gasteiger partial charge in [0, 0.05) is 45.6 Å². The third kappa shape index (κ3) is 7.76. The van der Waals surface area contributed by atoms with E-state index in [1.807, 2.05) is 121 Å². The van der Waals surface area contributed by atoms with Gasteiger partial charge in [0.05, 0.1) is 0 Å². The fourth-order valence-electron chi connectivity index (χ4n) is 7.77. The van der Waals surface area contributed by atoms with Gasteiger partial charge in [0.2, 0.25) is 11.8 Å². The van der Waals surface area contributed by atoms with Crippen LogP contribution in [-0.2, 0) is 9.59 Å². The van der Waals surface area contributed by atoms with Gasteiger partial charge in [-0.2, -0.15) is 0 Å². The monoisotopic (exact) mass is 780 g/mol. The minimum atomic E-state index is -0.582. The summed E-state index contributed by atoms with van der Waals surface area (Å²) in [6.07, 6.45) is 6.57. The summed E-state index contributed by atoms with van der Waals surface area (Å²) in [5, 5.41) is 10.3. The van der Waals surface area contributed by atoms with Crippen molar-refractivity contribution in [2.75, 3.05) is 23.7 Å². The molecule has 4 amide bonds. The first kappa shape index (κ1) is 37.0. The van der Waals surface area contributed by atoms with E-state index in [9.17, 15) is 19.2 Å². The van der Waals surface area contributed by atoms with E-state index in [4.69, 9.17) is 23.2 Å². The van der Waals surface area contributed by atoms with Gasteiger partial charge in [-0.25, -0.2) is 0 Å². The van der Waals surface area contributed by atoms with Crippen molar-refractivity contribution >= 4 is 91.9 Å². The van der Waals surface area contributed by atoms with E-state index in [-0.39, 0.29) is 23.6 Å². The molecule has 8 nitrogen and oxygen atoms in total. The third-order valence-corrected chi connectivity index (χ3v) is 11.0. The highest BCUT2D eigenvalue weighted by atomic mass is 35.5. The van der Waals surface area contributed by atoms with Crippen molar-refractivity contribution in [2.45, 2.75) is 37.8 Å². The molecule has 0 spiro atoms. The quantitative estimate of drug-likeness (QED) is 0.150. The average molecular weight is 782 g/mol. The van der Waals surface area contributed by atoms with E-state index in [0.717, 1.165) is 45.5 Å². The lowest BCUT2D eigenvalue weighted by Gasteiger charge is -2.25. The van der Waals surface area contributed by atoms with E-state index in [0.29, 0.717) is 58.5 Å². The van der Waals surface area contributed by atoms with E-state index < -0.39 is 12.1 Å². The van der Waals surface area contributed by atoms with Crippen molar-refractivity contribution in [1.82, 2.24) is 9.80 Å². The van der Waals surface area contributed by atoms with Gasteiger partial charge in [0.25, 0.3) is 11.8 Å². The molecule has 2 aliphatic heterocycles. The third-order valence-electron chi connectivity index (χ3n) is 10.6. The van der Waals surface area contributed by atoms with Gasteiger partial charge in [-0.15, -0.1) is 0 Å². The lowest BCUT2D eigenvalue weighted by molar-refractivity contribution is -0.120. The summed E-state index contributed by atoms with van der Waals surface area (Å²) < 4.78 is 0. The molecule has 280 valence electrons. The number of rotatable bonds is 8. The SMILES string of the molecule is O=C(Nc1ccc(/C=C/c2ccc(NC(=O)[C@@H]3CCCN3C(=O)c3cc(Cl)cc4ccccc34)cc2)cc1)[C@@H]1CCCN1C(=O)c1cc(Cl)cc2ccccc12. The molecule has 0 bridgehead atoms. The Kier molecular flexibility index (Phi) is 10.6. The lowest BCUT2D eigenvalue weighted by Crippen LogP contribution is -2.43. The first-order valence-corrected chi connectivity index (χ1v) is 19.5. The normalized spacial score (nSPS) is 16.8. The number of halogens is 2. The second-order valence-electron chi connectivity index (χ2n) is 14.2. The number of carbonyl (C=O) groups excluding carboxylic acids is 4. The first-order chi connectivity index (χ1) is 27.2. The van der Waals surface area contributed by atoms with Gasteiger partial charge >= 0.3 is 0 Å². The van der Waals surface area contributed by atoms with Crippen LogP contribution >= 0.6 is 23.2 Å². The fourth-order valence-corrected chi connectivity index (χ4v) is 8.23. The van der Waals surface area contributed by atoms with Crippen LogP contribution in [0.5, 0.6) is 0 Å². The van der Waals surface area contributed by atoms with Crippen LogP contribution in [0.25, 0.3) is 33.7 Å². The van der Waals surface area contributed by atoms with Crippen molar-refractivity contribution in [1.29, 1.82) is 0 Å².